The van der Waals surface area contributed by atoms with Crippen LogP contribution in [0.5, 0.6) is 0 Å². The largest absolute Gasteiger partial charge is 0.395 e. The average molecular weight is 403 g/mol. The van der Waals surface area contributed by atoms with Gasteiger partial charge < -0.3 is 10.4 Å². The third-order valence-corrected chi connectivity index (χ3v) is 6.29. The van der Waals surface area contributed by atoms with Gasteiger partial charge in [0, 0.05) is 43.4 Å². The van der Waals surface area contributed by atoms with Crippen LogP contribution in [0.1, 0.15) is 41.4 Å². The van der Waals surface area contributed by atoms with Crippen molar-refractivity contribution in [3.63, 3.8) is 0 Å². The lowest BCUT2D eigenvalue weighted by Crippen LogP contribution is -2.34. The van der Waals surface area contributed by atoms with Gasteiger partial charge in [-0.3, -0.25) is 14.4 Å². The van der Waals surface area contributed by atoms with Crippen molar-refractivity contribution in [1.29, 1.82) is 0 Å². The quantitative estimate of drug-likeness (QED) is 0.746. The molecule has 29 heavy (non-hydrogen) atoms. The van der Waals surface area contributed by atoms with Gasteiger partial charge in [0.1, 0.15) is 5.82 Å². The Hall–Kier alpha value is -2.25. The van der Waals surface area contributed by atoms with Crippen LogP contribution in [0, 0.1) is 25.6 Å². The molecular formula is C22H31FN4O2. The van der Waals surface area contributed by atoms with Crippen molar-refractivity contribution in [3.8, 4) is 0 Å². The van der Waals surface area contributed by atoms with Crippen molar-refractivity contribution in [3.05, 3.63) is 52.6 Å². The van der Waals surface area contributed by atoms with Gasteiger partial charge in [0.25, 0.3) is 0 Å². The molecule has 1 aliphatic heterocycles. The van der Waals surface area contributed by atoms with E-state index in [-0.39, 0.29) is 36.3 Å². The molecule has 3 rings (SSSR count). The molecule has 1 aromatic heterocycles. The fourth-order valence-electron chi connectivity index (χ4n) is 4.54. The van der Waals surface area contributed by atoms with E-state index in [9.17, 15) is 14.3 Å². The first-order valence-corrected chi connectivity index (χ1v) is 10.2. The van der Waals surface area contributed by atoms with Gasteiger partial charge in [-0.25, -0.2) is 4.39 Å². The number of aromatic nitrogens is 2. The van der Waals surface area contributed by atoms with Crippen LogP contribution in [0.3, 0.4) is 0 Å². The highest BCUT2D eigenvalue weighted by Crippen LogP contribution is 2.40. The molecule has 1 aromatic carbocycles. The van der Waals surface area contributed by atoms with Gasteiger partial charge in [0.2, 0.25) is 5.91 Å². The normalized spacial score (nSPS) is 22.2. The topological polar surface area (TPSA) is 70.4 Å². The minimum Gasteiger partial charge on any atom is -0.395 e. The maximum atomic E-state index is 14.4. The Morgan fingerprint density at radius 1 is 1.31 bits per heavy atom. The van der Waals surface area contributed by atoms with Gasteiger partial charge in [0.05, 0.1) is 12.3 Å². The number of rotatable bonds is 7. The molecule has 7 heteroatoms. The Labute approximate surface area is 171 Å². The summed E-state index contributed by atoms with van der Waals surface area (Å²) in [5, 5.41) is 17.1. The van der Waals surface area contributed by atoms with Crippen molar-refractivity contribution in [2.45, 2.75) is 45.2 Å². The summed E-state index contributed by atoms with van der Waals surface area (Å²) in [6, 6.07) is 6.55. The Kier molecular flexibility index (Phi) is 6.70. The number of nitrogens with one attached hydrogen (secondary N) is 1. The molecule has 1 fully saturated rings. The van der Waals surface area contributed by atoms with Gasteiger partial charge in [-0.1, -0.05) is 18.2 Å². The van der Waals surface area contributed by atoms with Crippen LogP contribution in [0.25, 0.3) is 0 Å². The fourth-order valence-corrected chi connectivity index (χ4v) is 4.54. The van der Waals surface area contributed by atoms with E-state index in [0.29, 0.717) is 31.4 Å². The van der Waals surface area contributed by atoms with E-state index in [0.717, 1.165) is 17.0 Å². The summed E-state index contributed by atoms with van der Waals surface area (Å²) in [4.78, 5) is 14.5. The minimum atomic E-state index is -0.248. The molecule has 3 atom stereocenters. The number of carbonyl (C=O) groups is 1. The van der Waals surface area contributed by atoms with Gasteiger partial charge in [-0.15, -0.1) is 0 Å². The van der Waals surface area contributed by atoms with Gasteiger partial charge in [-0.2, -0.15) is 5.10 Å². The second kappa shape index (κ2) is 9.05. The molecule has 2 N–H and O–H groups in total. The van der Waals surface area contributed by atoms with Gasteiger partial charge >= 0.3 is 0 Å². The molecule has 0 aliphatic carbocycles. The summed E-state index contributed by atoms with van der Waals surface area (Å²) in [5.74, 6) is -0.225. The Bertz CT molecular complexity index is 866. The molecule has 1 saturated heterocycles. The molecule has 0 radical (unpaired) electrons. The molecule has 0 bridgehead atoms. The smallest absolute Gasteiger partial charge is 0.220 e. The number of aliphatic hydroxyl groups excluding tert-OH is 1. The first kappa shape index (κ1) is 21.5. The first-order chi connectivity index (χ1) is 13.8. The van der Waals surface area contributed by atoms with E-state index in [4.69, 9.17) is 0 Å². The van der Waals surface area contributed by atoms with Gasteiger partial charge in [-0.05, 0) is 51.3 Å². The molecule has 0 unspecified atom stereocenters. The van der Waals surface area contributed by atoms with Crippen LogP contribution in [0.15, 0.2) is 24.3 Å². The van der Waals surface area contributed by atoms with E-state index in [1.807, 2.05) is 43.6 Å². The molecule has 1 aliphatic rings. The van der Waals surface area contributed by atoms with Crippen LogP contribution in [0.2, 0.25) is 0 Å². The molecule has 2 heterocycles. The SMILES string of the molecule is Cc1nn(C)c(C)c1CCC(=O)NC[C@H]1C[C@@H](CO)N(C)[C@H]1c1ccccc1F. The number of amides is 1. The van der Waals surface area contributed by atoms with Crippen molar-refractivity contribution >= 4 is 5.91 Å². The highest BCUT2D eigenvalue weighted by atomic mass is 19.1. The molecule has 0 spiro atoms. The van der Waals surface area contributed by atoms with Crippen molar-refractivity contribution < 1.29 is 14.3 Å². The first-order valence-electron chi connectivity index (χ1n) is 10.2. The molecular weight excluding hydrogens is 371 g/mol. The zero-order valence-electron chi connectivity index (χ0n) is 17.7. The van der Waals surface area contributed by atoms with E-state index >= 15 is 0 Å². The number of likely N-dealkylation sites (N-methyl/N-ethyl adjacent to an activating group) is 1. The number of likely N-dealkylation sites (tertiary alicyclic amines) is 1. The number of halogens is 1. The lowest BCUT2D eigenvalue weighted by atomic mass is 9.92. The minimum absolute atomic E-state index is 0.0185. The number of nitrogens with zero attached hydrogens (tertiary/aromatic N) is 3. The molecule has 1 amide bonds. The zero-order chi connectivity index (χ0) is 21.1. The molecule has 158 valence electrons. The lowest BCUT2D eigenvalue weighted by molar-refractivity contribution is -0.121. The Morgan fingerprint density at radius 3 is 2.66 bits per heavy atom. The molecule has 6 nitrogen and oxygen atoms in total. The second-order valence-corrected chi connectivity index (χ2v) is 8.04. The zero-order valence-corrected chi connectivity index (χ0v) is 17.7. The Morgan fingerprint density at radius 2 is 2.03 bits per heavy atom. The monoisotopic (exact) mass is 402 g/mol. The number of benzene rings is 1. The van der Waals surface area contributed by atoms with Crippen molar-refractivity contribution in [1.82, 2.24) is 20.0 Å². The van der Waals surface area contributed by atoms with Gasteiger partial charge in [0.15, 0.2) is 0 Å². The highest BCUT2D eigenvalue weighted by Gasteiger charge is 2.40. The van der Waals surface area contributed by atoms with Crippen LogP contribution < -0.4 is 5.32 Å². The Balaban J connectivity index is 1.63. The lowest BCUT2D eigenvalue weighted by Gasteiger charge is -2.28. The maximum absolute atomic E-state index is 14.4. The maximum Gasteiger partial charge on any atom is 0.220 e. The summed E-state index contributed by atoms with van der Waals surface area (Å²) in [6.45, 7) is 4.45. The number of carbonyl (C=O) groups excluding carboxylic acids is 1. The van der Waals surface area contributed by atoms with E-state index in [1.165, 1.54) is 6.07 Å². The van der Waals surface area contributed by atoms with Crippen LogP contribution in [-0.2, 0) is 18.3 Å². The summed E-state index contributed by atoms with van der Waals surface area (Å²) >= 11 is 0. The standard InChI is InChI=1S/C22H31FN4O2/c1-14-18(15(2)27(4)25-14)9-10-21(29)24-12-16-11-17(13-28)26(3)22(16)19-7-5-6-8-20(19)23/h5-8,16-17,22,28H,9-13H2,1-4H3,(H,24,29)/t16-,17+,22-/m1/s1. The third-order valence-electron chi connectivity index (χ3n) is 6.29. The summed E-state index contributed by atoms with van der Waals surface area (Å²) in [5.41, 5.74) is 3.78. The van der Waals surface area contributed by atoms with E-state index < -0.39 is 0 Å². The average Bonchev–Trinajstić information content (AvgIpc) is 3.14. The van der Waals surface area contributed by atoms with E-state index in [1.54, 1.807) is 12.1 Å². The van der Waals surface area contributed by atoms with Crippen molar-refractivity contribution in [2.24, 2.45) is 13.0 Å². The predicted octanol–water partition coefficient (Wildman–Crippen LogP) is 2.28. The number of aliphatic hydroxyl groups is 1. The fraction of sp³-hybridized carbons (Fsp3) is 0.545. The van der Waals surface area contributed by atoms with E-state index in [2.05, 4.69) is 10.4 Å². The number of hydrogen-bond donors (Lipinski definition) is 2. The number of hydrogen-bond acceptors (Lipinski definition) is 4. The third kappa shape index (κ3) is 4.51. The summed E-state index contributed by atoms with van der Waals surface area (Å²) < 4.78 is 16.3. The second-order valence-electron chi connectivity index (χ2n) is 8.04. The highest BCUT2D eigenvalue weighted by molar-refractivity contribution is 5.76. The summed E-state index contributed by atoms with van der Waals surface area (Å²) in [7, 11) is 3.82. The summed E-state index contributed by atoms with van der Waals surface area (Å²) in [6.07, 6.45) is 1.76. The molecule has 2 aromatic rings. The predicted molar refractivity (Wildman–Crippen MR) is 110 cm³/mol. The van der Waals surface area contributed by atoms with Crippen LogP contribution in [-0.4, -0.2) is 51.9 Å². The van der Waals surface area contributed by atoms with Crippen LogP contribution >= 0.6 is 0 Å². The molecule has 0 saturated carbocycles. The van der Waals surface area contributed by atoms with Crippen LogP contribution in [0.4, 0.5) is 4.39 Å². The van der Waals surface area contributed by atoms with Crippen molar-refractivity contribution in [2.75, 3.05) is 20.2 Å². The number of aryl methyl sites for hydroxylation is 2.